The number of hydrogen-bond acceptors (Lipinski definition) is 0. The van der Waals surface area contributed by atoms with Crippen molar-refractivity contribution in [3.05, 3.63) is 57.7 Å². The molecular formula is C23H30Si. The van der Waals surface area contributed by atoms with Crippen LogP contribution in [0.15, 0.2) is 46.6 Å². The molecule has 126 valence electrons. The molecule has 0 N–H and O–H groups in total. The first-order valence-electron chi connectivity index (χ1n) is 9.62. The molecule has 0 spiro atoms. The molecule has 0 bridgehead atoms. The summed E-state index contributed by atoms with van der Waals surface area (Å²) in [5, 5.41) is 1.75. The summed E-state index contributed by atoms with van der Waals surface area (Å²) < 4.78 is 0. The molecule has 1 aliphatic heterocycles. The molecule has 0 saturated carbocycles. The van der Waals surface area contributed by atoms with Crippen molar-refractivity contribution in [3.8, 4) is 0 Å². The molecule has 1 heteroatoms. The third-order valence-corrected chi connectivity index (χ3v) is 12.8. The molecule has 3 aliphatic rings. The Hall–Kier alpha value is -1.34. The van der Waals surface area contributed by atoms with Gasteiger partial charge in [-0.15, -0.1) is 0 Å². The number of unbranched alkanes of at least 4 members (excludes halogenated alkanes) is 1. The Morgan fingerprint density at radius 1 is 1.00 bits per heavy atom. The monoisotopic (exact) mass is 334 g/mol. The molecule has 0 amide bonds. The molecule has 1 aromatic rings. The van der Waals surface area contributed by atoms with Gasteiger partial charge in [-0.1, -0.05) is 60.5 Å². The van der Waals surface area contributed by atoms with E-state index >= 15 is 0 Å². The first kappa shape index (κ1) is 16.1. The predicted molar refractivity (Wildman–Crippen MR) is 108 cm³/mol. The molecular weight excluding hydrogens is 304 g/mol. The Kier molecular flexibility index (Phi) is 3.58. The van der Waals surface area contributed by atoms with Crippen molar-refractivity contribution in [2.45, 2.75) is 71.5 Å². The highest BCUT2D eigenvalue weighted by atomic mass is 28.3. The lowest BCUT2D eigenvalue weighted by Gasteiger charge is -2.50. The zero-order chi connectivity index (χ0) is 17.2. The van der Waals surface area contributed by atoms with Crippen molar-refractivity contribution in [2.24, 2.45) is 0 Å². The van der Waals surface area contributed by atoms with Crippen LogP contribution in [-0.4, -0.2) is 8.07 Å². The highest BCUT2D eigenvalue weighted by molar-refractivity contribution is 6.99. The lowest BCUT2D eigenvalue weighted by molar-refractivity contribution is 0.825. The van der Waals surface area contributed by atoms with Gasteiger partial charge in [-0.3, -0.25) is 0 Å². The molecule has 0 radical (unpaired) electrons. The summed E-state index contributed by atoms with van der Waals surface area (Å²) in [5.41, 5.74) is 12.8. The van der Waals surface area contributed by atoms with Crippen molar-refractivity contribution in [3.63, 3.8) is 0 Å². The summed E-state index contributed by atoms with van der Waals surface area (Å²) in [6.45, 7) is 14.4. The summed E-state index contributed by atoms with van der Waals surface area (Å²) in [6, 6.07) is 7.17. The fourth-order valence-electron chi connectivity index (χ4n) is 5.76. The standard InChI is InChI=1S/C23H30Si/c1-7-8-10-18-13-21-22-19(18)11-9-12-20(22)24(21,6)23-16(4)14(2)15(3)17(23)5/h9,11-13,21,23H,7-8,10H2,1-6H3. The zero-order valence-corrected chi connectivity index (χ0v) is 17.1. The Balaban J connectivity index is 1.82. The van der Waals surface area contributed by atoms with Crippen molar-refractivity contribution >= 4 is 18.8 Å². The molecule has 1 aromatic carbocycles. The highest BCUT2D eigenvalue weighted by Gasteiger charge is 2.58. The van der Waals surface area contributed by atoms with Gasteiger partial charge in [0.2, 0.25) is 0 Å². The van der Waals surface area contributed by atoms with Gasteiger partial charge >= 0.3 is 0 Å². The smallest absolute Gasteiger partial charge is 0.0755 e. The third-order valence-electron chi connectivity index (χ3n) is 7.37. The van der Waals surface area contributed by atoms with Crippen LogP contribution in [0, 0.1) is 0 Å². The van der Waals surface area contributed by atoms with E-state index in [0.29, 0.717) is 5.54 Å². The maximum Gasteiger partial charge on any atom is 0.106 e. The van der Waals surface area contributed by atoms with Crippen LogP contribution in [0.25, 0.3) is 5.57 Å². The van der Waals surface area contributed by atoms with Crippen molar-refractivity contribution in [2.75, 3.05) is 0 Å². The summed E-state index contributed by atoms with van der Waals surface area (Å²) in [7, 11) is -1.54. The van der Waals surface area contributed by atoms with Crippen molar-refractivity contribution < 1.29 is 0 Å². The van der Waals surface area contributed by atoms with Crippen molar-refractivity contribution in [1.82, 2.24) is 0 Å². The molecule has 0 fully saturated rings. The van der Waals surface area contributed by atoms with E-state index in [9.17, 15) is 0 Å². The molecule has 2 atom stereocenters. The zero-order valence-electron chi connectivity index (χ0n) is 16.1. The Bertz CT molecular complexity index is 796. The van der Waals surface area contributed by atoms with E-state index in [1.165, 1.54) is 19.3 Å². The van der Waals surface area contributed by atoms with Gasteiger partial charge in [-0.05, 0) is 68.4 Å². The van der Waals surface area contributed by atoms with Gasteiger partial charge in [0.1, 0.15) is 8.07 Å². The molecule has 24 heavy (non-hydrogen) atoms. The topological polar surface area (TPSA) is 0 Å². The second kappa shape index (κ2) is 5.33. The number of rotatable bonds is 4. The summed E-state index contributed by atoms with van der Waals surface area (Å²) in [5.74, 6) is 0. The summed E-state index contributed by atoms with van der Waals surface area (Å²) >= 11 is 0. The first-order chi connectivity index (χ1) is 11.4. The maximum absolute atomic E-state index is 2.68. The predicted octanol–water partition coefficient (Wildman–Crippen LogP) is 6.25. The second-order valence-corrected chi connectivity index (χ2v) is 12.7. The molecule has 4 rings (SSSR count). The van der Waals surface area contributed by atoms with E-state index in [1.54, 1.807) is 44.2 Å². The van der Waals surface area contributed by atoms with Gasteiger partial charge in [0.15, 0.2) is 0 Å². The average Bonchev–Trinajstić information content (AvgIpc) is 3.04. The number of benzene rings is 1. The van der Waals surface area contributed by atoms with Crippen LogP contribution in [0.1, 0.15) is 70.5 Å². The summed E-state index contributed by atoms with van der Waals surface area (Å²) in [4.78, 5) is 0. The largest absolute Gasteiger partial charge is 0.106 e. The quantitative estimate of drug-likeness (QED) is 0.571. The van der Waals surface area contributed by atoms with Crippen LogP contribution >= 0.6 is 0 Å². The van der Waals surface area contributed by atoms with Crippen LogP contribution in [0.2, 0.25) is 12.1 Å². The van der Waals surface area contributed by atoms with Crippen LogP contribution in [-0.2, 0) is 0 Å². The minimum Gasteiger partial charge on any atom is -0.0755 e. The van der Waals surface area contributed by atoms with Gasteiger partial charge < -0.3 is 0 Å². The lowest BCUT2D eigenvalue weighted by Crippen LogP contribution is -2.64. The van der Waals surface area contributed by atoms with E-state index in [1.807, 2.05) is 0 Å². The fourth-order valence-corrected chi connectivity index (χ4v) is 11.5. The average molecular weight is 335 g/mol. The molecule has 2 aliphatic carbocycles. The molecule has 2 unspecified atom stereocenters. The van der Waals surface area contributed by atoms with Gasteiger partial charge in [0, 0.05) is 11.1 Å². The Labute approximate surface area is 148 Å². The fraction of sp³-hybridized carbons (Fsp3) is 0.478. The van der Waals surface area contributed by atoms with E-state index in [2.05, 4.69) is 65.4 Å². The van der Waals surface area contributed by atoms with Gasteiger partial charge in [0.25, 0.3) is 0 Å². The van der Waals surface area contributed by atoms with Crippen LogP contribution in [0.3, 0.4) is 0 Å². The first-order valence-corrected chi connectivity index (χ1v) is 12.3. The van der Waals surface area contributed by atoms with Crippen LogP contribution < -0.4 is 5.19 Å². The van der Waals surface area contributed by atoms with Gasteiger partial charge in [-0.2, -0.15) is 0 Å². The minimum atomic E-state index is -1.54. The lowest BCUT2D eigenvalue weighted by atomic mass is 10.0. The van der Waals surface area contributed by atoms with Crippen LogP contribution in [0.5, 0.6) is 0 Å². The molecule has 0 nitrogen and oxygen atoms in total. The van der Waals surface area contributed by atoms with E-state index in [4.69, 9.17) is 0 Å². The molecule has 0 saturated heterocycles. The summed E-state index contributed by atoms with van der Waals surface area (Å²) in [6.07, 6.45) is 6.56. The van der Waals surface area contributed by atoms with Crippen LogP contribution in [0.4, 0.5) is 0 Å². The SMILES string of the molecule is CCCCC1=CC2c3c1cccc3[Si]2(C)C1C(C)=C(C)C(C)=C1C. The highest BCUT2D eigenvalue weighted by Crippen LogP contribution is 2.58. The van der Waals surface area contributed by atoms with Crippen molar-refractivity contribution in [1.29, 1.82) is 0 Å². The Morgan fingerprint density at radius 3 is 2.29 bits per heavy atom. The van der Waals surface area contributed by atoms with E-state index in [0.717, 1.165) is 5.54 Å². The number of allylic oxidation sites excluding steroid dienone is 6. The normalized spacial score (nSPS) is 28.4. The van der Waals surface area contributed by atoms with Gasteiger partial charge in [-0.25, -0.2) is 0 Å². The third kappa shape index (κ3) is 1.80. The minimum absolute atomic E-state index is 0.715. The second-order valence-electron chi connectivity index (χ2n) is 8.37. The number of hydrogen-bond donors (Lipinski definition) is 0. The maximum atomic E-state index is 2.68. The molecule has 0 aromatic heterocycles. The van der Waals surface area contributed by atoms with E-state index in [-0.39, 0.29) is 0 Å². The van der Waals surface area contributed by atoms with E-state index < -0.39 is 8.07 Å². The van der Waals surface area contributed by atoms with Gasteiger partial charge in [0.05, 0.1) is 0 Å². The Morgan fingerprint density at radius 2 is 1.67 bits per heavy atom. The molecule has 1 heterocycles.